The second kappa shape index (κ2) is 14.9. The highest BCUT2D eigenvalue weighted by Crippen LogP contribution is 2.31. The number of nitrogens with one attached hydrogen (secondary N) is 2. The number of para-hydroxylation sites is 1. The average Bonchev–Trinajstić information content (AvgIpc) is 3.11. The van der Waals surface area contributed by atoms with Gasteiger partial charge in [-0.3, -0.25) is 29.1 Å². The van der Waals surface area contributed by atoms with Crippen LogP contribution in [0.4, 0.5) is 5.69 Å². The van der Waals surface area contributed by atoms with Gasteiger partial charge in [0.25, 0.3) is 15.9 Å². The highest BCUT2D eigenvalue weighted by molar-refractivity contribution is 7.93. The van der Waals surface area contributed by atoms with Crippen LogP contribution in [0.15, 0.2) is 102 Å². The zero-order valence-corrected chi connectivity index (χ0v) is 27.9. The molecule has 0 bridgehead atoms. The summed E-state index contributed by atoms with van der Waals surface area (Å²) < 4.78 is 34.9. The van der Waals surface area contributed by atoms with Gasteiger partial charge in [0.05, 0.1) is 17.8 Å². The number of likely N-dealkylation sites (N-methyl/N-ethyl adjacent to an activating group) is 1. The van der Waals surface area contributed by atoms with Gasteiger partial charge in [0, 0.05) is 35.8 Å². The molecule has 1 aromatic heterocycles. The SMILES string of the molecule is CCOC(=O)CN(CC)C(=O)CN(c1ccc2c(C(=O)NCc3ccc(C(=N)N)cc3)cccc2c1)S(=O)(=O)c1cccc2cccnc12. The Labute approximate surface area is 284 Å². The first-order valence-corrected chi connectivity index (χ1v) is 17.0. The van der Waals surface area contributed by atoms with E-state index in [9.17, 15) is 22.8 Å². The minimum atomic E-state index is -4.39. The molecule has 0 aliphatic carbocycles. The van der Waals surface area contributed by atoms with Gasteiger partial charge < -0.3 is 20.7 Å². The molecule has 0 atom stereocenters. The van der Waals surface area contributed by atoms with Crippen LogP contribution in [0.25, 0.3) is 21.7 Å². The fourth-order valence-corrected chi connectivity index (χ4v) is 6.96. The van der Waals surface area contributed by atoms with Crippen LogP contribution in [0.3, 0.4) is 0 Å². The Morgan fingerprint density at radius 3 is 2.33 bits per heavy atom. The lowest BCUT2D eigenvalue weighted by molar-refractivity contribution is -0.148. The third kappa shape index (κ3) is 7.68. The molecule has 4 aromatic carbocycles. The summed E-state index contributed by atoms with van der Waals surface area (Å²) >= 11 is 0. The molecule has 252 valence electrons. The molecular weight excluding hydrogens is 644 g/mol. The second-order valence-corrected chi connectivity index (χ2v) is 12.9. The van der Waals surface area contributed by atoms with Crippen molar-refractivity contribution in [2.75, 3.05) is 30.5 Å². The number of amides is 2. The molecule has 0 aliphatic heterocycles. The molecule has 4 N–H and O–H groups in total. The average molecular weight is 681 g/mol. The molecule has 12 nitrogen and oxygen atoms in total. The van der Waals surface area contributed by atoms with Gasteiger partial charge in [-0.05, 0) is 60.5 Å². The van der Waals surface area contributed by atoms with Crippen molar-refractivity contribution in [1.82, 2.24) is 15.2 Å². The van der Waals surface area contributed by atoms with E-state index in [0.717, 1.165) is 9.87 Å². The summed E-state index contributed by atoms with van der Waals surface area (Å²) in [5.74, 6) is -1.59. The lowest BCUT2D eigenvalue weighted by Gasteiger charge is -2.28. The van der Waals surface area contributed by atoms with Crippen molar-refractivity contribution in [3.8, 4) is 0 Å². The van der Waals surface area contributed by atoms with Crippen LogP contribution in [0.1, 0.15) is 35.3 Å². The maximum atomic E-state index is 14.4. The van der Waals surface area contributed by atoms with E-state index in [-0.39, 0.29) is 54.1 Å². The maximum absolute atomic E-state index is 14.4. The minimum absolute atomic E-state index is 0.0467. The van der Waals surface area contributed by atoms with Crippen molar-refractivity contribution < 1.29 is 27.5 Å². The molecule has 0 fully saturated rings. The molecule has 0 spiro atoms. The summed E-state index contributed by atoms with van der Waals surface area (Å²) in [5, 5.41) is 12.2. The Morgan fingerprint density at radius 2 is 1.61 bits per heavy atom. The summed E-state index contributed by atoms with van der Waals surface area (Å²) in [4.78, 5) is 44.6. The Bertz CT molecular complexity index is 2150. The smallest absolute Gasteiger partial charge is 0.325 e. The molecule has 13 heteroatoms. The number of aromatic nitrogens is 1. The Balaban J connectivity index is 1.50. The van der Waals surface area contributed by atoms with E-state index in [1.807, 2.05) is 0 Å². The molecule has 0 saturated heterocycles. The molecule has 1 heterocycles. The number of nitrogens with two attached hydrogens (primary N) is 1. The summed E-state index contributed by atoms with van der Waals surface area (Å²) in [6.45, 7) is 2.94. The number of rotatable bonds is 13. The molecule has 0 radical (unpaired) electrons. The molecule has 0 unspecified atom stereocenters. The van der Waals surface area contributed by atoms with Crippen LogP contribution < -0.4 is 15.4 Å². The molecule has 0 aliphatic rings. The predicted octanol–water partition coefficient (Wildman–Crippen LogP) is 4.21. The predicted molar refractivity (Wildman–Crippen MR) is 188 cm³/mol. The van der Waals surface area contributed by atoms with Crippen molar-refractivity contribution in [2.24, 2.45) is 5.73 Å². The maximum Gasteiger partial charge on any atom is 0.325 e. The number of amidine groups is 1. The highest BCUT2D eigenvalue weighted by Gasteiger charge is 2.31. The first kappa shape index (κ1) is 34.5. The van der Waals surface area contributed by atoms with Crippen LogP contribution >= 0.6 is 0 Å². The van der Waals surface area contributed by atoms with Crippen molar-refractivity contribution >= 4 is 61.0 Å². The van der Waals surface area contributed by atoms with Crippen molar-refractivity contribution in [3.63, 3.8) is 0 Å². The fourth-order valence-electron chi connectivity index (χ4n) is 5.38. The van der Waals surface area contributed by atoms with Crippen LogP contribution in [-0.4, -0.2) is 68.2 Å². The van der Waals surface area contributed by atoms with E-state index in [4.69, 9.17) is 15.9 Å². The van der Waals surface area contributed by atoms with E-state index in [1.165, 1.54) is 17.2 Å². The van der Waals surface area contributed by atoms with Crippen LogP contribution in [0.2, 0.25) is 0 Å². The summed E-state index contributed by atoms with van der Waals surface area (Å²) in [7, 11) is -4.39. The molecule has 49 heavy (non-hydrogen) atoms. The first-order valence-electron chi connectivity index (χ1n) is 15.6. The summed E-state index contributed by atoms with van der Waals surface area (Å²) in [6.07, 6.45) is 1.50. The van der Waals surface area contributed by atoms with Gasteiger partial charge in [0.15, 0.2) is 0 Å². The van der Waals surface area contributed by atoms with E-state index in [0.29, 0.717) is 27.3 Å². The van der Waals surface area contributed by atoms with Crippen LogP contribution in [0, 0.1) is 5.41 Å². The van der Waals surface area contributed by atoms with Gasteiger partial charge in [-0.15, -0.1) is 0 Å². The monoisotopic (exact) mass is 680 g/mol. The number of ether oxygens (including phenoxy) is 1. The van der Waals surface area contributed by atoms with E-state index < -0.39 is 28.4 Å². The normalized spacial score (nSPS) is 11.2. The quantitative estimate of drug-likeness (QED) is 0.0942. The zero-order chi connectivity index (χ0) is 35.1. The van der Waals surface area contributed by atoms with Gasteiger partial charge in [-0.1, -0.05) is 60.7 Å². The largest absolute Gasteiger partial charge is 0.465 e. The van der Waals surface area contributed by atoms with E-state index in [2.05, 4.69) is 10.3 Å². The van der Waals surface area contributed by atoms with Gasteiger partial charge in [0.2, 0.25) is 5.91 Å². The number of nitrogen functional groups attached to an aromatic ring is 1. The number of hydrogen-bond acceptors (Lipinski definition) is 8. The minimum Gasteiger partial charge on any atom is -0.465 e. The number of hydrogen-bond donors (Lipinski definition) is 3. The van der Waals surface area contributed by atoms with Crippen molar-refractivity contribution in [3.05, 3.63) is 114 Å². The first-order chi connectivity index (χ1) is 23.5. The zero-order valence-electron chi connectivity index (χ0n) is 27.0. The number of carbonyl (C=O) groups is 3. The Morgan fingerprint density at radius 1 is 0.898 bits per heavy atom. The van der Waals surface area contributed by atoms with Gasteiger partial charge in [-0.2, -0.15) is 0 Å². The topological polar surface area (TPSA) is 176 Å². The fraction of sp³-hybridized carbons (Fsp3) is 0.194. The number of esters is 1. The number of benzene rings is 4. The molecule has 0 saturated carbocycles. The number of nitrogens with zero attached hydrogens (tertiary/aromatic N) is 3. The molecule has 5 rings (SSSR count). The van der Waals surface area contributed by atoms with Gasteiger partial charge in [-0.25, -0.2) is 8.42 Å². The number of anilines is 1. The van der Waals surface area contributed by atoms with Crippen molar-refractivity contribution in [2.45, 2.75) is 25.3 Å². The lowest BCUT2D eigenvalue weighted by Crippen LogP contribution is -2.45. The number of sulfonamides is 1. The van der Waals surface area contributed by atoms with Crippen LogP contribution in [-0.2, 0) is 30.9 Å². The second-order valence-electron chi connectivity index (χ2n) is 11.1. The van der Waals surface area contributed by atoms with Crippen molar-refractivity contribution in [1.29, 1.82) is 5.41 Å². The highest BCUT2D eigenvalue weighted by atomic mass is 32.2. The Hall–Kier alpha value is -5.82. The summed E-state index contributed by atoms with van der Waals surface area (Å²) in [5.41, 5.74) is 7.73. The van der Waals surface area contributed by atoms with E-state index in [1.54, 1.807) is 98.8 Å². The lowest BCUT2D eigenvalue weighted by atomic mass is 10.0. The molecule has 5 aromatic rings. The van der Waals surface area contributed by atoms with E-state index >= 15 is 0 Å². The Kier molecular flexibility index (Phi) is 10.5. The standard InChI is InChI=1S/C36H36N6O6S/c1-3-41(23-33(44)48-4-2)32(43)22-42(49(46,47)31-12-6-8-25-10-7-19-39-34(25)31)28-17-18-29-27(20-28)9-5-11-30(29)36(45)40-21-24-13-15-26(16-14-24)35(37)38/h5-20H,3-4,21-23H2,1-2H3,(H3,37,38)(H,40,45). The number of pyridine rings is 1. The van der Waals surface area contributed by atoms with Crippen LogP contribution in [0.5, 0.6) is 0 Å². The molecular formula is C36H36N6O6S. The van der Waals surface area contributed by atoms with Gasteiger partial charge in [0.1, 0.15) is 23.8 Å². The third-order valence-electron chi connectivity index (χ3n) is 7.92. The summed E-state index contributed by atoms with van der Waals surface area (Å²) in [6, 6.07) is 25.1. The number of fused-ring (bicyclic) bond motifs is 2. The van der Waals surface area contributed by atoms with Gasteiger partial charge >= 0.3 is 5.97 Å². The third-order valence-corrected chi connectivity index (χ3v) is 9.72. The number of carbonyl (C=O) groups excluding carboxylic acids is 3. The molecule has 2 amide bonds.